The lowest BCUT2D eigenvalue weighted by Gasteiger charge is -2.30. The van der Waals surface area contributed by atoms with Crippen molar-refractivity contribution in [2.75, 3.05) is 26.0 Å². The van der Waals surface area contributed by atoms with E-state index in [1.54, 1.807) is 0 Å². The summed E-state index contributed by atoms with van der Waals surface area (Å²) < 4.78 is 28.8. The highest BCUT2D eigenvalue weighted by Gasteiger charge is 2.28. The highest BCUT2D eigenvalue weighted by molar-refractivity contribution is 7.91. The van der Waals surface area contributed by atoms with Gasteiger partial charge in [-0.1, -0.05) is 6.92 Å². The summed E-state index contributed by atoms with van der Waals surface area (Å²) in [4.78, 5) is 0. The van der Waals surface area contributed by atoms with Gasteiger partial charge in [-0.05, 0) is 45.1 Å². The molecule has 0 aromatic heterocycles. The molecule has 1 N–H and O–H groups in total. The summed E-state index contributed by atoms with van der Waals surface area (Å²) in [6.07, 6.45) is 5.42. The van der Waals surface area contributed by atoms with Crippen LogP contribution in [0.3, 0.4) is 0 Å². The second kappa shape index (κ2) is 7.46. The molecule has 1 saturated heterocycles. The Bertz CT molecular complexity index is 323. The minimum atomic E-state index is -2.98. The molecule has 4 nitrogen and oxygen atoms in total. The van der Waals surface area contributed by atoms with E-state index in [0.717, 1.165) is 45.4 Å². The van der Waals surface area contributed by atoms with Gasteiger partial charge in [-0.2, -0.15) is 0 Å². The summed E-state index contributed by atoms with van der Waals surface area (Å²) in [5, 5.41) is 3.09. The SMILES string of the molecule is CCCNC(CC1CCOCC1)C(C)S(C)(=O)=O. The third-order valence-corrected chi connectivity index (χ3v) is 5.51. The predicted molar refractivity (Wildman–Crippen MR) is 74.5 cm³/mol. The van der Waals surface area contributed by atoms with Crippen molar-refractivity contribution >= 4 is 9.84 Å². The van der Waals surface area contributed by atoms with Crippen molar-refractivity contribution in [2.45, 2.75) is 50.8 Å². The van der Waals surface area contributed by atoms with Crippen molar-refractivity contribution in [1.29, 1.82) is 0 Å². The lowest BCUT2D eigenvalue weighted by Crippen LogP contribution is -2.44. The van der Waals surface area contributed by atoms with E-state index in [4.69, 9.17) is 4.74 Å². The topological polar surface area (TPSA) is 55.4 Å². The number of sulfone groups is 1. The molecule has 0 aromatic rings. The second-order valence-electron chi connectivity index (χ2n) is 5.39. The third kappa shape index (κ3) is 5.24. The van der Waals surface area contributed by atoms with Crippen molar-refractivity contribution in [1.82, 2.24) is 5.32 Å². The monoisotopic (exact) mass is 277 g/mol. The number of ether oxygens (including phenoxy) is 1. The van der Waals surface area contributed by atoms with Crippen LogP contribution in [-0.4, -0.2) is 45.7 Å². The van der Waals surface area contributed by atoms with Crippen LogP contribution in [0.25, 0.3) is 0 Å². The van der Waals surface area contributed by atoms with Crippen molar-refractivity contribution < 1.29 is 13.2 Å². The number of rotatable bonds is 7. The molecule has 18 heavy (non-hydrogen) atoms. The van der Waals surface area contributed by atoms with E-state index in [2.05, 4.69) is 12.2 Å². The quantitative estimate of drug-likeness (QED) is 0.768. The maximum absolute atomic E-state index is 11.7. The summed E-state index contributed by atoms with van der Waals surface area (Å²) in [7, 11) is -2.98. The van der Waals surface area contributed by atoms with Gasteiger partial charge >= 0.3 is 0 Å². The maximum atomic E-state index is 11.7. The van der Waals surface area contributed by atoms with Crippen LogP contribution in [0, 0.1) is 5.92 Å². The van der Waals surface area contributed by atoms with Crippen LogP contribution < -0.4 is 5.32 Å². The standard InChI is InChI=1S/C13H27NO3S/c1-4-7-14-13(11(2)18(3,15)16)10-12-5-8-17-9-6-12/h11-14H,4-10H2,1-3H3. The van der Waals surface area contributed by atoms with Gasteiger partial charge in [0.1, 0.15) is 0 Å². The molecular weight excluding hydrogens is 250 g/mol. The Morgan fingerprint density at radius 2 is 1.94 bits per heavy atom. The molecule has 1 heterocycles. The molecule has 0 amide bonds. The third-order valence-electron chi connectivity index (χ3n) is 3.83. The van der Waals surface area contributed by atoms with Gasteiger partial charge in [0.05, 0.1) is 5.25 Å². The molecule has 1 fully saturated rings. The largest absolute Gasteiger partial charge is 0.381 e. The Labute approximate surface area is 111 Å². The lowest BCUT2D eigenvalue weighted by atomic mass is 9.91. The number of hydrogen-bond acceptors (Lipinski definition) is 4. The van der Waals surface area contributed by atoms with Gasteiger partial charge in [0.15, 0.2) is 9.84 Å². The summed E-state index contributed by atoms with van der Waals surface area (Å²) in [6.45, 7) is 6.44. The zero-order chi connectivity index (χ0) is 13.6. The van der Waals surface area contributed by atoms with Crippen LogP contribution in [0.15, 0.2) is 0 Å². The van der Waals surface area contributed by atoms with E-state index in [0.29, 0.717) is 5.92 Å². The molecule has 1 aliphatic heterocycles. The fraction of sp³-hybridized carbons (Fsp3) is 1.00. The van der Waals surface area contributed by atoms with E-state index >= 15 is 0 Å². The van der Waals surface area contributed by atoms with Crippen molar-refractivity contribution in [2.24, 2.45) is 5.92 Å². The summed E-state index contributed by atoms with van der Waals surface area (Å²) in [6, 6.07) is 0.0723. The molecule has 0 saturated carbocycles. The van der Waals surface area contributed by atoms with Gasteiger partial charge < -0.3 is 10.1 Å². The molecular formula is C13H27NO3S. The van der Waals surface area contributed by atoms with Gasteiger partial charge in [-0.3, -0.25) is 0 Å². The van der Waals surface area contributed by atoms with Gasteiger partial charge in [-0.25, -0.2) is 8.42 Å². The predicted octanol–water partition coefficient (Wildman–Crippen LogP) is 1.60. The second-order valence-corrected chi connectivity index (χ2v) is 7.79. The average molecular weight is 277 g/mol. The Hall–Kier alpha value is -0.130. The first-order chi connectivity index (χ1) is 8.45. The number of nitrogens with one attached hydrogen (secondary N) is 1. The molecule has 1 aliphatic rings. The molecule has 0 aromatic carbocycles. The molecule has 1 rings (SSSR count). The van der Waals surface area contributed by atoms with Gasteiger partial charge in [0, 0.05) is 25.5 Å². The average Bonchev–Trinajstić information content (AvgIpc) is 2.33. The van der Waals surface area contributed by atoms with E-state index in [9.17, 15) is 8.42 Å². The van der Waals surface area contributed by atoms with E-state index in [-0.39, 0.29) is 11.3 Å². The van der Waals surface area contributed by atoms with Gasteiger partial charge in [0.2, 0.25) is 0 Å². The van der Waals surface area contributed by atoms with Crippen molar-refractivity contribution in [3.63, 3.8) is 0 Å². The van der Waals surface area contributed by atoms with E-state index in [1.165, 1.54) is 6.26 Å². The molecule has 0 spiro atoms. The Balaban J connectivity index is 2.59. The molecule has 108 valence electrons. The number of hydrogen-bond donors (Lipinski definition) is 1. The molecule has 2 atom stereocenters. The summed E-state index contributed by atoms with van der Waals surface area (Å²) in [5.41, 5.74) is 0. The van der Waals surface area contributed by atoms with Crippen LogP contribution in [0.2, 0.25) is 0 Å². The molecule has 2 unspecified atom stereocenters. The zero-order valence-corrected chi connectivity index (χ0v) is 12.6. The van der Waals surface area contributed by atoms with Crippen LogP contribution in [0.1, 0.15) is 39.5 Å². The summed E-state index contributed by atoms with van der Waals surface area (Å²) >= 11 is 0. The molecule has 0 aliphatic carbocycles. The minimum absolute atomic E-state index is 0.0723. The van der Waals surface area contributed by atoms with Crippen LogP contribution in [0.4, 0.5) is 0 Å². The molecule has 0 bridgehead atoms. The van der Waals surface area contributed by atoms with E-state index in [1.807, 2.05) is 6.92 Å². The zero-order valence-electron chi connectivity index (χ0n) is 11.8. The summed E-state index contributed by atoms with van der Waals surface area (Å²) in [5.74, 6) is 0.595. The first-order valence-corrected chi connectivity index (χ1v) is 8.90. The van der Waals surface area contributed by atoms with Gasteiger partial charge in [0.25, 0.3) is 0 Å². The van der Waals surface area contributed by atoms with Crippen LogP contribution >= 0.6 is 0 Å². The minimum Gasteiger partial charge on any atom is -0.381 e. The normalized spacial score (nSPS) is 21.7. The Kier molecular flexibility index (Phi) is 6.60. The Morgan fingerprint density at radius 3 is 2.44 bits per heavy atom. The maximum Gasteiger partial charge on any atom is 0.151 e. The van der Waals surface area contributed by atoms with Crippen molar-refractivity contribution in [3.05, 3.63) is 0 Å². The van der Waals surface area contributed by atoms with E-state index < -0.39 is 9.84 Å². The fourth-order valence-electron chi connectivity index (χ4n) is 2.41. The Morgan fingerprint density at radius 1 is 1.33 bits per heavy atom. The lowest BCUT2D eigenvalue weighted by molar-refractivity contribution is 0.0605. The van der Waals surface area contributed by atoms with Crippen molar-refractivity contribution in [3.8, 4) is 0 Å². The fourth-order valence-corrected chi connectivity index (χ4v) is 3.21. The first-order valence-electron chi connectivity index (χ1n) is 6.95. The molecule has 5 heteroatoms. The smallest absolute Gasteiger partial charge is 0.151 e. The molecule has 0 radical (unpaired) electrons. The van der Waals surface area contributed by atoms with Crippen LogP contribution in [-0.2, 0) is 14.6 Å². The highest BCUT2D eigenvalue weighted by atomic mass is 32.2. The van der Waals surface area contributed by atoms with Gasteiger partial charge in [-0.15, -0.1) is 0 Å². The highest BCUT2D eigenvalue weighted by Crippen LogP contribution is 2.23. The first kappa shape index (κ1) is 15.9. The van der Waals surface area contributed by atoms with Crippen LogP contribution in [0.5, 0.6) is 0 Å².